The van der Waals surface area contributed by atoms with E-state index in [0.717, 1.165) is 34.7 Å². The highest BCUT2D eigenvalue weighted by molar-refractivity contribution is 7.71. The van der Waals surface area contributed by atoms with E-state index >= 15 is 0 Å². The van der Waals surface area contributed by atoms with Crippen LogP contribution in [-0.2, 0) is 6.42 Å². The molecule has 0 saturated carbocycles. The molecule has 1 aliphatic rings. The maximum Gasteiger partial charge on any atom is 0.131 e. The smallest absolute Gasteiger partial charge is 0.131 e. The molecule has 0 radical (unpaired) electrons. The van der Waals surface area contributed by atoms with E-state index in [2.05, 4.69) is 23.2 Å². The summed E-state index contributed by atoms with van der Waals surface area (Å²) in [6, 6.07) is 12.1. The third-order valence-electron chi connectivity index (χ3n) is 2.77. The van der Waals surface area contributed by atoms with E-state index in [1.165, 1.54) is 5.56 Å². The Bertz CT molecular complexity index is 588. The van der Waals surface area contributed by atoms with Gasteiger partial charge in [-0.3, -0.25) is 0 Å². The van der Waals surface area contributed by atoms with Crippen molar-refractivity contribution >= 4 is 12.2 Å². The fraction of sp³-hybridized carbons (Fsp3) is 0.154. The topological polar surface area (TPSA) is 25.0 Å². The molecule has 16 heavy (non-hydrogen) atoms. The molecule has 0 saturated heterocycles. The maximum atomic E-state index is 5.67. The largest absolute Gasteiger partial charge is 0.492 e. The lowest BCUT2D eigenvalue weighted by Gasteiger charge is -2.07. The van der Waals surface area contributed by atoms with E-state index in [4.69, 9.17) is 17.0 Å². The van der Waals surface area contributed by atoms with E-state index in [-0.39, 0.29) is 0 Å². The zero-order valence-electron chi connectivity index (χ0n) is 8.69. The summed E-state index contributed by atoms with van der Waals surface area (Å²) >= 11 is 5.13. The molecule has 3 heteroatoms. The third kappa shape index (κ3) is 1.53. The highest BCUT2D eigenvalue weighted by atomic mass is 32.1. The number of hydrogen-bond donors (Lipinski definition) is 1. The number of para-hydroxylation sites is 1. The molecule has 2 aromatic rings. The van der Waals surface area contributed by atoms with Crippen molar-refractivity contribution in [2.24, 2.45) is 0 Å². The lowest BCUT2D eigenvalue weighted by molar-refractivity contribution is 0.358. The van der Waals surface area contributed by atoms with E-state index in [0.29, 0.717) is 0 Å². The number of hydrogen-bond acceptors (Lipinski definition) is 2. The Morgan fingerprint density at radius 3 is 2.88 bits per heavy atom. The number of benzene rings is 1. The predicted octanol–water partition coefficient (Wildman–Crippen LogP) is 3.35. The molecule has 0 unspecified atom stereocenters. The van der Waals surface area contributed by atoms with Crippen molar-refractivity contribution in [3.63, 3.8) is 0 Å². The lowest BCUT2D eigenvalue weighted by atomic mass is 10.1. The molecule has 1 aromatic heterocycles. The van der Waals surface area contributed by atoms with Gasteiger partial charge in [-0.1, -0.05) is 30.4 Å². The molecule has 1 aliphatic heterocycles. The first-order chi connectivity index (χ1) is 7.84. The van der Waals surface area contributed by atoms with Crippen LogP contribution in [0, 0.1) is 4.64 Å². The number of aromatic amines is 1. The van der Waals surface area contributed by atoms with Crippen molar-refractivity contribution in [3.8, 4) is 17.0 Å². The molecule has 0 fully saturated rings. The second-order valence-electron chi connectivity index (χ2n) is 3.82. The monoisotopic (exact) mass is 229 g/mol. The van der Waals surface area contributed by atoms with Crippen LogP contribution in [0.3, 0.4) is 0 Å². The van der Waals surface area contributed by atoms with Gasteiger partial charge in [0.1, 0.15) is 10.4 Å². The summed E-state index contributed by atoms with van der Waals surface area (Å²) in [5.41, 5.74) is 3.40. The normalized spacial score (nSPS) is 13.2. The minimum Gasteiger partial charge on any atom is -0.492 e. The van der Waals surface area contributed by atoms with Gasteiger partial charge in [0.2, 0.25) is 0 Å². The van der Waals surface area contributed by atoms with Crippen molar-refractivity contribution in [3.05, 3.63) is 46.6 Å². The summed E-state index contributed by atoms with van der Waals surface area (Å²) in [6.07, 6.45) is 0.997. The Labute approximate surface area is 98.9 Å². The van der Waals surface area contributed by atoms with E-state index in [1.54, 1.807) is 0 Å². The number of aromatic nitrogens is 1. The Morgan fingerprint density at radius 2 is 2.00 bits per heavy atom. The van der Waals surface area contributed by atoms with Crippen molar-refractivity contribution in [1.82, 2.24) is 4.98 Å². The van der Waals surface area contributed by atoms with Gasteiger partial charge in [0, 0.05) is 12.0 Å². The van der Waals surface area contributed by atoms with Crippen molar-refractivity contribution in [2.45, 2.75) is 6.42 Å². The molecule has 0 aliphatic carbocycles. The van der Waals surface area contributed by atoms with Crippen molar-refractivity contribution in [2.75, 3.05) is 6.61 Å². The summed E-state index contributed by atoms with van der Waals surface area (Å²) in [5, 5.41) is 0. The molecule has 0 atom stereocenters. The van der Waals surface area contributed by atoms with Crippen LogP contribution in [0.4, 0.5) is 0 Å². The highest BCUT2D eigenvalue weighted by Crippen LogP contribution is 2.35. The number of nitrogens with one attached hydrogen (secondary N) is 1. The van der Waals surface area contributed by atoms with Gasteiger partial charge in [0.05, 0.1) is 12.3 Å². The van der Waals surface area contributed by atoms with E-state index in [1.807, 2.05) is 18.2 Å². The molecule has 2 nitrogen and oxygen atoms in total. The van der Waals surface area contributed by atoms with Crippen LogP contribution in [0.5, 0.6) is 5.75 Å². The van der Waals surface area contributed by atoms with Gasteiger partial charge in [-0.05, 0) is 23.8 Å². The number of ether oxygens (including phenoxy) is 1. The first-order valence-electron chi connectivity index (χ1n) is 5.29. The van der Waals surface area contributed by atoms with Gasteiger partial charge in [0.15, 0.2) is 0 Å². The van der Waals surface area contributed by atoms with Gasteiger partial charge in [-0.25, -0.2) is 0 Å². The molecule has 0 bridgehead atoms. The van der Waals surface area contributed by atoms with Gasteiger partial charge < -0.3 is 9.72 Å². The van der Waals surface area contributed by atoms with Crippen LogP contribution in [0.15, 0.2) is 36.4 Å². The highest BCUT2D eigenvalue weighted by Gasteiger charge is 2.16. The molecule has 2 heterocycles. The minimum atomic E-state index is 0.744. The summed E-state index contributed by atoms with van der Waals surface area (Å²) in [4.78, 5) is 3.19. The van der Waals surface area contributed by atoms with Crippen molar-refractivity contribution < 1.29 is 4.74 Å². The maximum absolute atomic E-state index is 5.67. The number of H-pyrrole nitrogens is 1. The Hall–Kier alpha value is -1.61. The molecule has 0 amide bonds. The first kappa shape index (κ1) is 9.60. The molecule has 3 rings (SSSR count). The Kier molecular flexibility index (Phi) is 2.26. The quantitative estimate of drug-likeness (QED) is 0.759. The van der Waals surface area contributed by atoms with Gasteiger partial charge in [-0.2, -0.15) is 0 Å². The second-order valence-corrected chi connectivity index (χ2v) is 4.26. The van der Waals surface area contributed by atoms with Crippen LogP contribution in [-0.4, -0.2) is 11.6 Å². The SMILES string of the molecule is S=c1cccc(-c2cccc3c2OCC3)[nH]1. The summed E-state index contributed by atoms with van der Waals surface area (Å²) in [6.45, 7) is 0.778. The van der Waals surface area contributed by atoms with Crippen LogP contribution in [0.25, 0.3) is 11.3 Å². The molecule has 1 aromatic carbocycles. The number of rotatable bonds is 1. The predicted molar refractivity (Wildman–Crippen MR) is 66.3 cm³/mol. The zero-order valence-corrected chi connectivity index (χ0v) is 9.51. The minimum absolute atomic E-state index is 0.744. The molecular formula is C13H11NOS. The van der Waals surface area contributed by atoms with E-state index < -0.39 is 0 Å². The van der Waals surface area contributed by atoms with Crippen LogP contribution >= 0.6 is 12.2 Å². The Morgan fingerprint density at radius 1 is 1.12 bits per heavy atom. The van der Waals surface area contributed by atoms with Crippen molar-refractivity contribution in [1.29, 1.82) is 0 Å². The number of fused-ring (bicyclic) bond motifs is 1. The van der Waals surface area contributed by atoms with Gasteiger partial charge in [-0.15, -0.1) is 0 Å². The summed E-state index contributed by atoms with van der Waals surface area (Å²) in [7, 11) is 0. The molecule has 1 N–H and O–H groups in total. The van der Waals surface area contributed by atoms with Crippen LogP contribution < -0.4 is 4.74 Å². The van der Waals surface area contributed by atoms with Gasteiger partial charge in [0.25, 0.3) is 0 Å². The lowest BCUT2D eigenvalue weighted by Crippen LogP contribution is -1.90. The van der Waals surface area contributed by atoms with Gasteiger partial charge >= 0.3 is 0 Å². The average Bonchev–Trinajstić information content (AvgIpc) is 2.76. The molecule has 0 spiro atoms. The first-order valence-corrected chi connectivity index (χ1v) is 5.70. The standard InChI is InChI=1S/C13H11NOS/c16-12-6-2-5-11(14-12)10-4-1-3-9-7-8-15-13(9)10/h1-6H,7-8H2,(H,14,16). The second kappa shape index (κ2) is 3.76. The molecule has 80 valence electrons. The van der Waals surface area contributed by atoms with E-state index in [9.17, 15) is 0 Å². The zero-order chi connectivity index (χ0) is 11.0. The van der Waals surface area contributed by atoms with Crippen LogP contribution in [0.2, 0.25) is 0 Å². The fourth-order valence-electron chi connectivity index (χ4n) is 2.03. The van der Waals surface area contributed by atoms with Crippen LogP contribution in [0.1, 0.15) is 5.56 Å². The summed E-state index contributed by atoms with van der Waals surface area (Å²) in [5.74, 6) is 0.999. The average molecular weight is 229 g/mol. The fourth-order valence-corrected chi connectivity index (χ4v) is 2.22. The summed E-state index contributed by atoms with van der Waals surface area (Å²) < 4.78 is 6.41. The number of pyridine rings is 1. The Balaban J connectivity index is 2.21. The molecular weight excluding hydrogens is 218 g/mol. The third-order valence-corrected chi connectivity index (χ3v) is 3.01.